The van der Waals surface area contributed by atoms with Crippen molar-refractivity contribution < 1.29 is 9.90 Å². The molecule has 1 amide bonds. The maximum Gasteiger partial charge on any atom is 0.286 e. The molecule has 1 N–H and O–H groups in total. The number of hydrogen-bond donors (Lipinski definition) is 1. The van der Waals surface area contributed by atoms with Crippen molar-refractivity contribution in [2.75, 3.05) is 31.1 Å². The Balaban J connectivity index is 1.27. The van der Waals surface area contributed by atoms with Crippen LogP contribution in [0.3, 0.4) is 0 Å². The highest BCUT2D eigenvalue weighted by Crippen LogP contribution is 2.32. The molecule has 30 heavy (non-hydrogen) atoms. The molecule has 1 fully saturated rings. The fourth-order valence-corrected chi connectivity index (χ4v) is 4.84. The van der Waals surface area contributed by atoms with E-state index in [9.17, 15) is 9.90 Å². The van der Waals surface area contributed by atoms with Gasteiger partial charge in [-0.25, -0.2) is 0 Å². The predicted octanol–water partition coefficient (Wildman–Crippen LogP) is 4.34. The molecule has 3 aromatic carbocycles. The first-order valence-electron chi connectivity index (χ1n) is 9.97. The van der Waals surface area contributed by atoms with E-state index < -0.39 is 0 Å². The Morgan fingerprint density at radius 2 is 1.57 bits per heavy atom. The van der Waals surface area contributed by atoms with Crippen LogP contribution in [0.25, 0.3) is 16.8 Å². The Bertz CT molecular complexity index is 1160. The van der Waals surface area contributed by atoms with Gasteiger partial charge in [0.2, 0.25) is 0 Å². The topological polar surface area (TPSA) is 56.1 Å². The van der Waals surface area contributed by atoms with Crippen LogP contribution in [0.5, 0.6) is 5.75 Å². The summed E-state index contributed by atoms with van der Waals surface area (Å²) in [6, 6.07) is 21.7. The smallest absolute Gasteiger partial charge is 0.286 e. The number of phenolic OH excluding ortho intramolecular Hbond substituents is 1. The number of piperazine rings is 1. The van der Waals surface area contributed by atoms with Gasteiger partial charge in [0.05, 0.1) is 4.91 Å². The highest BCUT2D eigenvalue weighted by Gasteiger charge is 2.28. The fraction of sp³-hybridized carbons (Fsp3) is 0.167. The van der Waals surface area contributed by atoms with Crippen molar-refractivity contribution in [2.24, 2.45) is 4.99 Å². The van der Waals surface area contributed by atoms with E-state index in [-0.39, 0.29) is 11.7 Å². The number of nitrogens with zero attached hydrogens (tertiary/aromatic N) is 3. The van der Waals surface area contributed by atoms with E-state index in [4.69, 9.17) is 0 Å². The summed E-state index contributed by atoms with van der Waals surface area (Å²) in [7, 11) is 0. The van der Waals surface area contributed by atoms with Gasteiger partial charge in [-0.3, -0.25) is 4.79 Å². The number of phenols is 1. The van der Waals surface area contributed by atoms with Crippen LogP contribution < -0.4 is 4.90 Å². The van der Waals surface area contributed by atoms with Crippen LogP contribution in [0.4, 0.5) is 5.69 Å². The molecule has 0 spiro atoms. The first-order chi connectivity index (χ1) is 14.7. The molecule has 0 saturated carbocycles. The van der Waals surface area contributed by atoms with Crippen LogP contribution >= 0.6 is 11.8 Å². The molecule has 0 aromatic heterocycles. The van der Waals surface area contributed by atoms with E-state index in [1.807, 2.05) is 6.08 Å². The summed E-state index contributed by atoms with van der Waals surface area (Å²) < 4.78 is 0. The molecule has 2 aliphatic heterocycles. The zero-order chi connectivity index (χ0) is 20.5. The van der Waals surface area contributed by atoms with Crippen molar-refractivity contribution in [3.05, 3.63) is 77.2 Å². The van der Waals surface area contributed by atoms with Crippen molar-refractivity contribution in [3.8, 4) is 5.75 Å². The fourth-order valence-electron chi connectivity index (χ4n) is 3.88. The van der Waals surface area contributed by atoms with Crippen molar-refractivity contribution in [1.82, 2.24) is 4.90 Å². The van der Waals surface area contributed by atoms with Crippen molar-refractivity contribution in [1.29, 1.82) is 0 Å². The molecule has 5 rings (SSSR count). The Hall–Kier alpha value is -3.25. The number of carbonyl (C=O) groups excluding carboxylic acids is 1. The van der Waals surface area contributed by atoms with Gasteiger partial charge in [-0.2, -0.15) is 4.99 Å². The minimum absolute atomic E-state index is 0.195. The van der Waals surface area contributed by atoms with E-state index in [1.54, 1.807) is 24.3 Å². The summed E-state index contributed by atoms with van der Waals surface area (Å²) in [5.74, 6) is 0.0168. The zero-order valence-corrected chi connectivity index (χ0v) is 17.2. The minimum atomic E-state index is -0.195. The van der Waals surface area contributed by atoms with Gasteiger partial charge in [0.15, 0.2) is 5.17 Å². The van der Waals surface area contributed by atoms with E-state index in [0.29, 0.717) is 4.91 Å². The number of fused-ring (bicyclic) bond motifs is 1. The third-order valence-electron chi connectivity index (χ3n) is 5.46. The third-order valence-corrected chi connectivity index (χ3v) is 6.50. The molecule has 150 valence electrons. The van der Waals surface area contributed by atoms with Gasteiger partial charge in [-0.15, -0.1) is 0 Å². The predicted molar refractivity (Wildman–Crippen MR) is 124 cm³/mol. The summed E-state index contributed by atoms with van der Waals surface area (Å²) in [4.78, 5) is 21.9. The standard InChI is InChI=1S/C24H21N3O2S/c28-19-10-8-17(9-11-19)16-22-23(29)25-24(30-22)27-14-12-26(13-15-27)21-7-3-5-18-4-1-2-6-20(18)21/h1-11,16,28H,12-15H2/b22-16-. The van der Waals surface area contributed by atoms with Crippen molar-refractivity contribution >= 4 is 45.4 Å². The maximum absolute atomic E-state index is 12.4. The van der Waals surface area contributed by atoms with Gasteiger partial charge in [-0.1, -0.05) is 48.5 Å². The average molecular weight is 416 g/mol. The number of amides is 1. The highest BCUT2D eigenvalue weighted by atomic mass is 32.2. The van der Waals surface area contributed by atoms with Crippen LogP contribution in [-0.4, -0.2) is 47.3 Å². The molecular weight excluding hydrogens is 394 g/mol. The van der Waals surface area contributed by atoms with Gasteiger partial charge in [0.25, 0.3) is 5.91 Å². The lowest BCUT2D eigenvalue weighted by molar-refractivity contribution is -0.113. The van der Waals surface area contributed by atoms with Crippen molar-refractivity contribution in [3.63, 3.8) is 0 Å². The lowest BCUT2D eigenvalue weighted by atomic mass is 10.1. The van der Waals surface area contributed by atoms with E-state index >= 15 is 0 Å². The van der Waals surface area contributed by atoms with E-state index in [1.165, 1.54) is 28.2 Å². The Labute approximate surface area is 179 Å². The average Bonchev–Trinajstić information content (AvgIpc) is 3.15. The number of anilines is 1. The largest absolute Gasteiger partial charge is 0.508 e. The molecule has 0 unspecified atom stereocenters. The van der Waals surface area contributed by atoms with Crippen LogP contribution in [-0.2, 0) is 4.79 Å². The Morgan fingerprint density at radius 3 is 2.37 bits per heavy atom. The number of aromatic hydroxyl groups is 1. The normalized spacial score (nSPS) is 18.3. The highest BCUT2D eigenvalue weighted by molar-refractivity contribution is 8.18. The lowest BCUT2D eigenvalue weighted by Crippen LogP contribution is -2.47. The molecule has 2 aliphatic rings. The molecule has 0 aliphatic carbocycles. The lowest BCUT2D eigenvalue weighted by Gasteiger charge is -2.37. The summed E-state index contributed by atoms with van der Waals surface area (Å²) in [6.07, 6.45) is 1.83. The minimum Gasteiger partial charge on any atom is -0.508 e. The van der Waals surface area contributed by atoms with Gasteiger partial charge < -0.3 is 14.9 Å². The molecule has 0 radical (unpaired) electrons. The number of carbonyl (C=O) groups is 1. The van der Waals surface area contributed by atoms with Crippen LogP contribution in [0.2, 0.25) is 0 Å². The second-order valence-electron chi connectivity index (χ2n) is 7.37. The number of benzene rings is 3. The molecule has 2 heterocycles. The maximum atomic E-state index is 12.4. The van der Waals surface area contributed by atoms with E-state index in [2.05, 4.69) is 57.3 Å². The number of hydrogen-bond acceptors (Lipinski definition) is 5. The molecule has 5 nitrogen and oxygen atoms in total. The van der Waals surface area contributed by atoms with Gasteiger partial charge >= 0.3 is 0 Å². The Morgan fingerprint density at radius 1 is 0.867 bits per heavy atom. The molecule has 0 bridgehead atoms. The van der Waals surface area contributed by atoms with Crippen LogP contribution in [0.15, 0.2) is 76.6 Å². The van der Waals surface area contributed by atoms with Crippen molar-refractivity contribution in [2.45, 2.75) is 0 Å². The molecule has 0 atom stereocenters. The molecule has 6 heteroatoms. The molecular formula is C24H21N3O2S. The summed E-state index contributed by atoms with van der Waals surface area (Å²) in [6.45, 7) is 3.43. The van der Waals surface area contributed by atoms with Gasteiger partial charge in [-0.05, 0) is 47.0 Å². The molecule has 3 aromatic rings. The zero-order valence-electron chi connectivity index (χ0n) is 16.4. The Kier molecular flexibility index (Phi) is 4.93. The summed E-state index contributed by atoms with van der Waals surface area (Å²) >= 11 is 1.43. The number of aliphatic imine (C=N–C) groups is 1. The third kappa shape index (κ3) is 3.66. The monoisotopic (exact) mass is 415 g/mol. The summed E-state index contributed by atoms with van der Waals surface area (Å²) in [5, 5.41) is 12.7. The summed E-state index contributed by atoms with van der Waals surface area (Å²) in [5.41, 5.74) is 2.14. The second-order valence-corrected chi connectivity index (χ2v) is 8.38. The van der Waals surface area contributed by atoms with Gasteiger partial charge in [0.1, 0.15) is 5.75 Å². The number of rotatable bonds is 2. The first-order valence-corrected chi connectivity index (χ1v) is 10.8. The van der Waals surface area contributed by atoms with E-state index in [0.717, 1.165) is 36.9 Å². The van der Waals surface area contributed by atoms with Gasteiger partial charge in [0, 0.05) is 37.3 Å². The second kappa shape index (κ2) is 7.88. The molecule has 1 saturated heterocycles. The SMILES string of the molecule is O=C1N=C(N2CCN(c3cccc4ccccc34)CC2)S/C1=C\c1ccc(O)cc1. The van der Waals surface area contributed by atoms with Crippen LogP contribution in [0.1, 0.15) is 5.56 Å². The van der Waals surface area contributed by atoms with Crippen LogP contribution in [0, 0.1) is 0 Å². The number of thioether (sulfide) groups is 1. The number of amidine groups is 1. The quantitative estimate of drug-likeness (QED) is 0.631. The first kappa shape index (κ1) is 18.8.